The third kappa shape index (κ3) is 3.20. The van der Waals surface area contributed by atoms with Gasteiger partial charge in [-0.1, -0.05) is 35.9 Å². The molecular weight excluding hydrogens is 246 g/mol. The summed E-state index contributed by atoms with van der Waals surface area (Å²) in [7, 11) is 1.69. The van der Waals surface area contributed by atoms with E-state index in [1.54, 1.807) is 7.11 Å². The van der Waals surface area contributed by atoms with E-state index in [4.69, 9.17) is 10.5 Å². The van der Waals surface area contributed by atoms with Crippen LogP contribution in [0.2, 0.25) is 0 Å². The van der Waals surface area contributed by atoms with E-state index in [1.807, 2.05) is 13.0 Å². The molecule has 0 aliphatic heterocycles. The molecule has 1 unspecified atom stereocenters. The molecule has 0 aliphatic carbocycles. The number of hydrogen-bond acceptors (Lipinski definition) is 2. The first kappa shape index (κ1) is 14.6. The molecule has 0 heterocycles. The Hall–Kier alpha value is -1.80. The SMILES string of the molecule is COc1ccc(C(N)Cc2cc(C)ccc2C)cc1C. The van der Waals surface area contributed by atoms with Gasteiger partial charge in [0.25, 0.3) is 0 Å². The molecule has 0 aromatic heterocycles. The quantitative estimate of drug-likeness (QED) is 0.914. The van der Waals surface area contributed by atoms with Gasteiger partial charge in [0.1, 0.15) is 5.75 Å². The zero-order valence-electron chi connectivity index (χ0n) is 12.7. The third-order valence-corrected chi connectivity index (χ3v) is 3.79. The third-order valence-electron chi connectivity index (χ3n) is 3.79. The van der Waals surface area contributed by atoms with Gasteiger partial charge in [0.15, 0.2) is 0 Å². The summed E-state index contributed by atoms with van der Waals surface area (Å²) in [6, 6.07) is 12.7. The highest BCUT2D eigenvalue weighted by molar-refractivity contribution is 5.38. The maximum Gasteiger partial charge on any atom is 0.121 e. The summed E-state index contributed by atoms with van der Waals surface area (Å²) in [5.41, 5.74) is 12.6. The van der Waals surface area contributed by atoms with Crippen LogP contribution < -0.4 is 10.5 Å². The lowest BCUT2D eigenvalue weighted by Crippen LogP contribution is -2.14. The molecule has 0 saturated heterocycles. The van der Waals surface area contributed by atoms with Crippen molar-refractivity contribution < 1.29 is 4.74 Å². The van der Waals surface area contributed by atoms with E-state index in [9.17, 15) is 0 Å². The highest BCUT2D eigenvalue weighted by Crippen LogP contribution is 2.24. The average Bonchev–Trinajstić information content (AvgIpc) is 2.42. The van der Waals surface area contributed by atoms with Crippen LogP contribution in [0.25, 0.3) is 0 Å². The fourth-order valence-electron chi connectivity index (χ4n) is 2.51. The minimum Gasteiger partial charge on any atom is -0.496 e. The number of aryl methyl sites for hydroxylation is 3. The lowest BCUT2D eigenvalue weighted by molar-refractivity contribution is 0.411. The van der Waals surface area contributed by atoms with Crippen LogP contribution in [0.3, 0.4) is 0 Å². The predicted octanol–water partition coefficient (Wildman–Crippen LogP) is 3.86. The molecule has 2 N–H and O–H groups in total. The summed E-state index contributed by atoms with van der Waals surface area (Å²) in [6.45, 7) is 6.31. The monoisotopic (exact) mass is 269 g/mol. The second kappa shape index (κ2) is 6.10. The lowest BCUT2D eigenvalue weighted by Gasteiger charge is -2.16. The molecule has 0 amide bonds. The van der Waals surface area contributed by atoms with Crippen molar-refractivity contribution in [2.45, 2.75) is 33.2 Å². The fraction of sp³-hybridized carbons (Fsp3) is 0.333. The zero-order valence-corrected chi connectivity index (χ0v) is 12.7. The predicted molar refractivity (Wildman–Crippen MR) is 84.3 cm³/mol. The van der Waals surface area contributed by atoms with Gasteiger partial charge in [-0.05, 0) is 55.5 Å². The van der Waals surface area contributed by atoms with E-state index in [2.05, 4.69) is 44.2 Å². The standard InChI is InChI=1S/C18H23NO/c1-12-5-6-13(2)16(9-12)11-17(19)15-7-8-18(20-4)14(3)10-15/h5-10,17H,11,19H2,1-4H3. The first-order chi connectivity index (χ1) is 9.51. The number of benzene rings is 2. The van der Waals surface area contributed by atoms with Crippen LogP contribution in [0.15, 0.2) is 36.4 Å². The van der Waals surface area contributed by atoms with Gasteiger partial charge in [-0.3, -0.25) is 0 Å². The molecule has 20 heavy (non-hydrogen) atoms. The van der Waals surface area contributed by atoms with E-state index >= 15 is 0 Å². The summed E-state index contributed by atoms with van der Waals surface area (Å²) in [5.74, 6) is 0.910. The summed E-state index contributed by atoms with van der Waals surface area (Å²) in [5, 5.41) is 0. The van der Waals surface area contributed by atoms with Crippen LogP contribution in [0.4, 0.5) is 0 Å². The number of hydrogen-bond donors (Lipinski definition) is 1. The van der Waals surface area contributed by atoms with E-state index in [1.165, 1.54) is 16.7 Å². The summed E-state index contributed by atoms with van der Waals surface area (Å²) in [6.07, 6.45) is 0.860. The molecule has 0 radical (unpaired) electrons. The van der Waals surface area contributed by atoms with Crippen molar-refractivity contribution in [2.24, 2.45) is 5.73 Å². The molecule has 0 fully saturated rings. The van der Waals surface area contributed by atoms with Gasteiger partial charge in [0.2, 0.25) is 0 Å². The molecule has 0 spiro atoms. The van der Waals surface area contributed by atoms with Crippen LogP contribution in [0, 0.1) is 20.8 Å². The molecule has 0 saturated carbocycles. The van der Waals surface area contributed by atoms with Crippen LogP contribution in [-0.2, 0) is 6.42 Å². The van der Waals surface area contributed by atoms with Crippen LogP contribution >= 0.6 is 0 Å². The Morgan fingerprint density at radius 1 is 1.00 bits per heavy atom. The number of nitrogens with two attached hydrogens (primary N) is 1. The van der Waals surface area contributed by atoms with Gasteiger partial charge in [-0.25, -0.2) is 0 Å². The summed E-state index contributed by atoms with van der Waals surface area (Å²) in [4.78, 5) is 0. The van der Waals surface area contributed by atoms with Crippen molar-refractivity contribution in [3.63, 3.8) is 0 Å². The van der Waals surface area contributed by atoms with Crippen molar-refractivity contribution in [2.75, 3.05) is 7.11 Å². The van der Waals surface area contributed by atoms with Gasteiger partial charge >= 0.3 is 0 Å². The van der Waals surface area contributed by atoms with Gasteiger partial charge in [0.05, 0.1) is 7.11 Å². The maximum absolute atomic E-state index is 6.37. The molecule has 106 valence electrons. The minimum atomic E-state index is 0.0140. The fourth-order valence-corrected chi connectivity index (χ4v) is 2.51. The van der Waals surface area contributed by atoms with E-state index < -0.39 is 0 Å². The van der Waals surface area contributed by atoms with Crippen molar-refractivity contribution in [3.8, 4) is 5.75 Å². The van der Waals surface area contributed by atoms with Crippen LogP contribution in [-0.4, -0.2) is 7.11 Å². The Bertz CT molecular complexity index is 604. The number of methoxy groups -OCH3 is 1. The Kier molecular flexibility index (Phi) is 4.46. The van der Waals surface area contributed by atoms with E-state index in [0.29, 0.717) is 0 Å². The Morgan fingerprint density at radius 3 is 2.40 bits per heavy atom. The van der Waals surface area contributed by atoms with Crippen molar-refractivity contribution >= 4 is 0 Å². The smallest absolute Gasteiger partial charge is 0.121 e. The highest BCUT2D eigenvalue weighted by atomic mass is 16.5. The Morgan fingerprint density at radius 2 is 1.75 bits per heavy atom. The summed E-state index contributed by atoms with van der Waals surface area (Å²) >= 11 is 0. The largest absolute Gasteiger partial charge is 0.496 e. The molecule has 2 rings (SSSR count). The molecule has 1 atom stereocenters. The van der Waals surface area contributed by atoms with Gasteiger partial charge < -0.3 is 10.5 Å². The van der Waals surface area contributed by atoms with Crippen molar-refractivity contribution in [1.82, 2.24) is 0 Å². The first-order valence-electron chi connectivity index (χ1n) is 6.97. The van der Waals surface area contributed by atoms with Gasteiger partial charge in [-0.15, -0.1) is 0 Å². The van der Waals surface area contributed by atoms with Crippen molar-refractivity contribution in [1.29, 1.82) is 0 Å². The summed E-state index contributed by atoms with van der Waals surface area (Å²) < 4.78 is 5.29. The topological polar surface area (TPSA) is 35.2 Å². The second-order valence-electron chi connectivity index (χ2n) is 5.47. The molecular formula is C18H23NO. The molecule has 2 aromatic carbocycles. The molecule has 0 aliphatic rings. The molecule has 2 nitrogen and oxygen atoms in total. The van der Waals surface area contributed by atoms with E-state index in [0.717, 1.165) is 23.3 Å². The number of ether oxygens (including phenoxy) is 1. The van der Waals surface area contributed by atoms with Crippen molar-refractivity contribution in [3.05, 3.63) is 64.2 Å². The number of rotatable bonds is 4. The normalized spacial score (nSPS) is 12.2. The Labute approximate surface area is 121 Å². The minimum absolute atomic E-state index is 0.0140. The highest BCUT2D eigenvalue weighted by Gasteiger charge is 2.10. The molecule has 2 aromatic rings. The van der Waals surface area contributed by atoms with E-state index in [-0.39, 0.29) is 6.04 Å². The average molecular weight is 269 g/mol. The van der Waals surface area contributed by atoms with Crippen LogP contribution in [0.1, 0.15) is 33.9 Å². The van der Waals surface area contributed by atoms with Gasteiger partial charge in [-0.2, -0.15) is 0 Å². The van der Waals surface area contributed by atoms with Gasteiger partial charge in [0, 0.05) is 6.04 Å². The Balaban J connectivity index is 2.21. The molecule has 2 heteroatoms. The maximum atomic E-state index is 6.37. The first-order valence-corrected chi connectivity index (χ1v) is 6.97. The molecule has 0 bridgehead atoms. The second-order valence-corrected chi connectivity index (χ2v) is 5.47. The zero-order chi connectivity index (χ0) is 14.7. The van der Waals surface area contributed by atoms with Crippen LogP contribution in [0.5, 0.6) is 5.75 Å². The lowest BCUT2D eigenvalue weighted by atomic mass is 9.94.